The predicted octanol–water partition coefficient (Wildman–Crippen LogP) is 5.84. The van der Waals surface area contributed by atoms with Crippen LogP contribution in [0.5, 0.6) is 5.75 Å². The van der Waals surface area contributed by atoms with Crippen LogP contribution in [-0.2, 0) is 4.57 Å². The van der Waals surface area contributed by atoms with Crippen molar-refractivity contribution in [1.82, 2.24) is 14.5 Å². The van der Waals surface area contributed by atoms with E-state index in [-0.39, 0.29) is 6.10 Å². The molecule has 4 heterocycles. The summed E-state index contributed by atoms with van der Waals surface area (Å²) >= 11 is 0. The maximum absolute atomic E-state index is 13.3. The zero-order chi connectivity index (χ0) is 25.9. The van der Waals surface area contributed by atoms with E-state index in [0.29, 0.717) is 12.1 Å². The predicted molar refractivity (Wildman–Crippen MR) is 153 cm³/mol. The van der Waals surface area contributed by atoms with Gasteiger partial charge in [0.1, 0.15) is 24.6 Å². The summed E-state index contributed by atoms with van der Waals surface area (Å²) in [4.78, 5) is 7.31. The van der Waals surface area contributed by atoms with Gasteiger partial charge in [-0.1, -0.05) is 12.1 Å². The molecule has 2 saturated heterocycles. The maximum atomic E-state index is 13.3. The number of nitrogens with zero attached hydrogens (tertiary/aromatic N) is 3. The number of aromatic nitrogens is 2. The van der Waals surface area contributed by atoms with Gasteiger partial charge in [0.25, 0.3) is 0 Å². The van der Waals surface area contributed by atoms with E-state index in [1.807, 2.05) is 50.7 Å². The molecule has 7 heteroatoms. The molecule has 0 aliphatic carbocycles. The van der Waals surface area contributed by atoms with E-state index >= 15 is 0 Å². The number of piperidine rings is 1. The second kappa shape index (κ2) is 9.04. The standard InChI is InChI=1S/C30H35N4O2P/c1-19-18-32-30-25(29(19)31)17-27(34(30)26-7-5-6-8-28(26)37(3,4)35)20-9-13-23(14-10-20)36-24-15-21-11-12-22(16-24)33(21)2/h5-10,13-14,17-18,21-22,24H,11-12,15-16H2,1-4H3,(H2,31,32). The Morgan fingerprint density at radius 3 is 2.38 bits per heavy atom. The minimum atomic E-state index is -2.55. The van der Waals surface area contributed by atoms with Crippen LogP contribution in [0.15, 0.2) is 60.8 Å². The highest BCUT2D eigenvalue weighted by atomic mass is 31.2. The summed E-state index contributed by atoms with van der Waals surface area (Å²) in [6.45, 7) is 5.59. The van der Waals surface area contributed by atoms with Gasteiger partial charge in [0.2, 0.25) is 0 Å². The quantitative estimate of drug-likeness (QED) is 0.339. The summed E-state index contributed by atoms with van der Waals surface area (Å²) in [6, 6.07) is 19.6. The molecule has 2 fully saturated rings. The van der Waals surface area contributed by atoms with E-state index in [0.717, 1.165) is 63.1 Å². The molecular formula is C30H35N4O2P. The van der Waals surface area contributed by atoms with Gasteiger partial charge in [0.15, 0.2) is 0 Å². The highest BCUT2D eigenvalue weighted by molar-refractivity contribution is 7.70. The van der Waals surface area contributed by atoms with Crippen molar-refractivity contribution in [2.24, 2.45) is 0 Å². The zero-order valence-electron chi connectivity index (χ0n) is 22.0. The lowest BCUT2D eigenvalue weighted by Crippen LogP contribution is -2.43. The Morgan fingerprint density at radius 1 is 1.03 bits per heavy atom. The van der Waals surface area contributed by atoms with Gasteiger partial charge < -0.3 is 19.9 Å². The lowest BCUT2D eigenvalue weighted by atomic mass is 10.0. The van der Waals surface area contributed by atoms with Gasteiger partial charge in [0.05, 0.1) is 11.4 Å². The molecule has 0 radical (unpaired) electrons. The Labute approximate surface area is 218 Å². The number of benzene rings is 2. The smallest absolute Gasteiger partial charge is 0.147 e. The number of anilines is 1. The molecule has 0 amide bonds. The van der Waals surface area contributed by atoms with Crippen LogP contribution in [-0.4, -0.2) is 53.0 Å². The number of rotatable bonds is 5. The first-order valence-corrected chi connectivity index (χ1v) is 15.7. The molecule has 2 atom stereocenters. The third kappa shape index (κ3) is 4.26. The summed E-state index contributed by atoms with van der Waals surface area (Å²) in [5.74, 6) is 0.904. The Morgan fingerprint density at radius 2 is 1.70 bits per heavy atom. The van der Waals surface area contributed by atoms with Crippen molar-refractivity contribution in [3.05, 3.63) is 66.4 Å². The summed E-state index contributed by atoms with van der Waals surface area (Å²) < 4.78 is 21.8. The van der Waals surface area contributed by atoms with Gasteiger partial charge in [-0.2, -0.15) is 0 Å². The first-order valence-electron chi connectivity index (χ1n) is 13.1. The highest BCUT2D eigenvalue weighted by Gasteiger charge is 2.39. The molecule has 0 spiro atoms. The van der Waals surface area contributed by atoms with Crippen molar-refractivity contribution in [2.75, 3.05) is 26.1 Å². The highest BCUT2D eigenvalue weighted by Crippen LogP contribution is 2.41. The largest absolute Gasteiger partial charge is 0.490 e. The van der Waals surface area contributed by atoms with Crippen LogP contribution in [0.4, 0.5) is 5.69 Å². The molecule has 2 aliphatic rings. The monoisotopic (exact) mass is 514 g/mol. The van der Waals surface area contributed by atoms with Crippen molar-refractivity contribution in [3.8, 4) is 22.7 Å². The number of pyridine rings is 1. The topological polar surface area (TPSA) is 73.4 Å². The first kappa shape index (κ1) is 24.3. The lowest BCUT2D eigenvalue weighted by Gasteiger charge is -2.36. The lowest BCUT2D eigenvalue weighted by molar-refractivity contribution is 0.0662. The number of nitrogens with two attached hydrogens (primary N) is 1. The second-order valence-corrected chi connectivity index (χ2v) is 14.3. The van der Waals surface area contributed by atoms with Gasteiger partial charge in [-0.15, -0.1) is 0 Å². The third-order valence-corrected chi connectivity index (χ3v) is 9.82. The number of hydrogen-bond acceptors (Lipinski definition) is 5. The van der Waals surface area contributed by atoms with Gasteiger partial charge in [-0.25, -0.2) is 4.98 Å². The number of fused-ring (bicyclic) bond motifs is 3. The van der Waals surface area contributed by atoms with E-state index < -0.39 is 7.14 Å². The zero-order valence-corrected chi connectivity index (χ0v) is 22.9. The Hall–Kier alpha value is -3.08. The number of ether oxygens (including phenoxy) is 1. The maximum Gasteiger partial charge on any atom is 0.147 e. The second-order valence-electron chi connectivity index (χ2n) is 11.1. The van der Waals surface area contributed by atoms with Crippen LogP contribution < -0.4 is 15.8 Å². The first-order chi connectivity index (χ1) is 17.7. The van der Waals surface area contributed by atoms with E-state index in [1.54, 1.807) is 0 Å². The van der Waals surface area contributed by atoms with Crippen molar-refractivity contribution >= 4 is 29.2 Å². The van der Waals surface area contributed by atoms with Crippen molar-refractivity contribution in [1.29, 1.82) is 0 Å². The Bertz CT molecular complexity index is 1510. The van der Waals surface area contributed by atoms with Crippen molar-refractivity contribution in [3.63, 3.8) is 0 Å². The molecule has 37 heavy (non-hydrogen) atoms. The number of para-hydroxylation sites is 1. The number of aryl methyl sites for hydroxylation is 1. The number of hydrogen-bond donors (Lipinski definition) is 1. The van der Waals surface area contributed by atoms with Gasteiger partial charge in [-0.3, -0.25) is 4.57 Å². The van der Waals surface area contributed by atoms with Crippen LogP contribution in [0.25, 0.3) is 28.0 Å². The normalized spacial score (nSPS) is 22.0. The van der Waals surface area contributed by atoms with E-state index in [2.05, 4.69) is 46.8 Å². The average molecular weight is 515 g/mol. The van der Waals surface area contributed by atoms with Crippen LogP contribution in [0.3, 0.4) is 0 Å². The Kier molecular flexibility index (Phi) is 5.93. The van der Waals surface area contributed by atoms with E-state index in [4.69, 9.17) is 15.5 Å². The van der Waals surface area contributed by atoms with Gasteiger partial charge in [-0.05, 0) is 107 Å². The van der Waals surface area contributed by atoms with Crippen LogP contribution in [0.2, 0.25) is 0 Å². The minimum absolute atomic E-state index is 0.271. The SMILES string of the molecule is Cc1cnc2c(cc(-c3ccc(OC4CC5CCC(C4)N5C)cc3)n2-c2ccccc2P(C)(C)=O)c1N. The van der Waals surface area contributed by atoms with Crippen molar-refractivity contribution in [2.45, 2.75) is 50.8 Å². The molecule has 2 unspecified atom stereocenters. The summed E-state index contributed by atoms with van der Waals surface area (Å²) in [6.07, 6.45) is 6.84. The molecule has 0 saturated carbocycles. The average Bonchev–Trinajstić information content (AvgIpc) is 3.34. The molecular weight excluding hydrogens is 479 g/mol. The minimum Gasteiger partial charge on any atom is -0.490 e. The molecule has 2 aromatic carbocycles. The van der Waals surface area contributed by atoms with E-state index in [1.165, 1.54) is 12.8 Å². The third-order valence-electron chi connectivity index (χ3n) is 8.28. The van der Waals surface area contributed by atoms with Gasteiger partial charge >= 0.3 is 0 Å². The fourth-order valence-corrected chi connectivity index (χ4v) is 7.36. The Balaban J connectivity index is 1.41. The fourth-order valence-electron chi connectivity index (χ4n) is 6.19. The van der Waals surface area contributed by atoms with Crippen LogP contribution in [0.1, 0.15) is 31.2 Å². The number of nitrogen functional groups attached to an aromatic ring is 1. The summed E-state index contributed by atoms with van der Waals surface area (Å²) in [5, 5.41) is 1.72. The molecule has 2 aliphatic heterocycles. The van der Waals surface area contributed by atoms with E-state index in [9.17, 15) is 4.57 Å². The molecule has 192 valence electrons. The summed E-state index contributed by atoms with van der Waals surface area (Å²) in [5.41, 5.74) is 11.8. The molecule has 6 rings (SSSR count). The molecule has 2 N–H and O–H groups in total. The molecule has 4 aromatic rings. The fraction of sp³-hybridized carbons (Fsp3) is 0.367. The van der Waals surface area contributed by atoms with Crippen molar-refractivity contribution < 1.29 is 9.30 Å². The van der Waals surface area contributed by atoms with Crippen LogP contribution in [0, 0.1) is 6.92 Å². The molecule has 2 bridgehead atoms. The molecule has 2 aromatic heterocycles. The molecule has 6 nitrogen and oxygen atoms in total. The van der Waals surface area contributed by atoms with Crippen LogP contribution >= 0.6 is 7.14 Å². The van der Waals surface area contributed by atoms with Gasteiger partial charge in [0, 0.05) is 34.7 Å². The summed E-state index contributed by atoms with van der Waals surface area (Å²) in [7, 11) is -0.295.